The molecule has 6 nitrogen and oxygen atoms in total. The minimum Gasteiger partial charge on any atom is -0.461 e. The van der Waals surface area contributed by atoms with Gasteiger partial charge in [-0.15, -0.1) is 0 Å². The molecule has 0 radical (unpaired) electrons. The third-order valence-electron chi connectivity index (χ3n) is 1.42. The monoisotopic (exact) mass is 216 g/mol. The normalized spacial score (nSPS) is 12.0. The Kier molecular flexibility index (Phi) is 5.36. The lowest BCUT2D eigenvalue weighted by Crippen LogP contribution is -2.44. The van der Waals surface area contributed by atoms with Gasteiger partial charge in [-0.2, -0.15) is 0 Å². The lowest BCUT2D eigenvalue weighted by atomic mass is 10.2. The van der Waals surface area contributed by atoms with E-state index in [9.17, 15) is 14.4 Å². The Morgan fingerprint density at radius 1 is 1.33 bits per heavy atom. The Labute approximate surface area is 88.1 Å². The van der Waals surface area contributed by atoms with Crippen LogP contribution in [0.15, 0.2) is 0 Å². The molecular weight excluding hydrogens is 200 g/mol. The highest BCUT2D eigenvalue weighted by Gasteiger charge is 2.23. The summed E-state index contributed by atoms with van der Waals surface area (Å²) in [6.45, 7) is 4.59. The fourth-order valence-corrected chi connectivity index (χ4v) is 0.954. The summed E-state index contributed by atoms with van der Waals surface area (Å²) < 4.78 is 4.85. The Hall–Kier alpha value is -1.59. The number of ether oxygens (including phenoxy) is 1. The summed E-state index contributed by atoms with van der Waals surface area (Å²) in [6.07, 6.45) is -0.563. The number of nitrogens with two attached hydrogens (primary N) is 1. The molecule has 0 rings (SSSR count). The van der Waals surface area contributed by atoms with E-state index in [-0.39, 0.29) is 12.5 Å². The minimum atomic E-state index is -0.998. The van der Waals surface area contributed by atoms with Crippen LogP contribution in [-0.2, 0) is 19.1 Å². The molecule has 0 fully saturated rings. The van der Waals surface area contributed by atoms with Crippen LogP contribution in [0.1, 0.15) is 27.2 Å². The molecule has 0 heterocycles. The number of carbonyl (C=O) groups excluding carboxylic acids is 3. The second-order valence-electron chi connectivity index (χ2n) is 3.41. The first-order chi connectivity index (χ1) is 6.82. The Morgan fingerprint density at radius 3 is 2.20 bits per heavy atom. The van der Waals surface area contributed by atoms with Crippen LogP contribution < -0.4 is 11.1 Å². The maximum absolute atomic E-state index is 11.4. The van der Waals surface area contributed by atoms with Crippen LogP contribution in [0, 0.1) is 0 Å². The van der Waals surface area contributed by atoms with Crippen LogP contribution in [-0.4, -0.2) is 29.9 Å². The second-order valence-corrected chi connectivity index (χ2v) is 3.41. The first-order valence-corrected chi connectivity index (χ1v) is 4.58. The number of carbonyl (C=O) groups is 3. The molecule has 0 unspecified atom stereocenters. The number of amides is 2. The molecule has 0 aromatic rings. The molecule has 0 aliphatic heterocycles. The molecule has 0 aliphatic carbocycles. The van der Waals surface area contributed by atoms with Gasteiger partial charge in [0.25, 0.3) is 0 Å². The highest BCUT2D eigenvalue weighted by Crippen LogP contribution is 1.99. The van der Waals surface area contributed by atoms with Crippen molar-refractivity contribution >= 4 is 17.8 Å². The van der Waals surface area contributed by atoms with Crippen molar-refractivity contribution in [1.82, 2.24) is 5.32 Å². The van der Waals surface area contributed by atoms with E-state index in [0.29, 0.717) is 0 Å². The highest BCUT2D eigenvalue weighted by atomic mass is 16.5. The molecule has 0 bridgehead atoms. The average molecular weight is 216 g/mol. The predicted octanol–water partition coefficient (Wildman–Crippen LogP) is -0.682. The van der Waals surface area contributed by atoms with E-state index in [4.69, 9.17) is 10.5 Å². The largest absolute Gasteiger partial charge is 0.461 e. The van der Waals surface area contributed by atoms with Crippen LogP contribution in [0.3, 0.4) is 0 Å². The summed E-state index contributed by atoms with van der Waals surface area (Å²) >= 11 is 0. The summed E-state index contributed by atoms with van der Waals surface area (Å²) in [7, 11) is 0. The Morgan fingerprint density at radius 2 is 1.87 bits per heavy atom. The maximum Gasteiger partial charge on any atom is 0.329 e. The Bertz CT molecular complexity index is 247. The van der Waals surface area contributed by atoms with E-state index in [1.165, 1.54) is 6.92 Å². The lowest BCUT2D eigenvalue weighted by molar-refractivity contribution is -0.152. The van der Waals surface area contributed by atoms with Gasteiger partial charge in [-0.25, -0.2) is 4.79 Å². The van der Waals surface area contributed by atoms with Gasteiger partial charge in [0, 0.05) is 6.92 Å². The van der Waals surface area contributed by atoms with Crippen LogP contribution in [0.2, 0.25) is 0 Å². The third kappa shape index (κ3) is 6.48. The molecule has 0 saturated carbocycles. The summed E-state index contributed by atoms with van der Waals surface area (Å²) in [5.41, 5.74) is 4.94. The molecule has 1 atom stereocenters. The number of hydrogen-bond donors (Lipinski definition) is 2. The zero-order valence-electron chi connectivity index (χ0n) is 9.07. The van der Waals surface area contributed by atoms with Crippen LogP contribution >= 0.6 is 0 Å². The molecule has 0 saturated heterocycles. The van der Waals surface area contributed by atoms with Crippen LogP contribution in [0.25, 0.3) is 0 Å². The summed E-state index contributed by atoms with van der Waals surface area (Å²) in [5.74, 6) is -1.74. The van der Waals surface area contributed by atoms with Gasteiger partial charge in [0.15, 0.2) is 0 Å². The quantitative estimate of drug-likeness (QED) is 0.595. The Balaban J connectivity index is 4.40. The summed E-state index contributed by atoms with van der Waals surface area (Å²) in [6, 6.07) is -0.998. The molecule has 86 valence electrons. The van der Waals surface area contributed by atoms with Gasteiger partial charge in [-0.3, -0.25) is 9.59 Å². The standard InChI is InChI=1S/C9H16N2O4/c1-5(2)15-9(14)7(4-8(10)13)11-6(3)12/h5,7H,4H2,1-3H3,(H2,10,13)(H,11,12)/t7-/m0/s1. The van der Waals surface area contributed by atoms with Crippen molar-refractivity contribution in [2.75, 3.05) is 0 Å². The van der Waals surface area contributed by atoms with Crippen molar-refractivity contribution in [1.29, 1.82) is 0 Å². The molecule has 0 aromatic heterocycles. The van der Waals surface area contributed by atoms with Gasteiger partial charge in [0.05, 0.1) is 12.5 Å². The van der Waals surface area contributed by atoms with Crippen LogP contribution in [0.4, 0.5) is 0 Å². The van der Waals surface area contributed by atoms with E-state index in [0.717, 1.165) is 0 Å². The zero-order chi connectivity index (χ0) is 12.0. The highest BCUT2D eigenvalue weighted by molar-refractivity contribution is 5.88. The second kappa shape index (κ2) is 6.00. The first-order valence-electron chi connectivity index (χ1n) is 4.58. The predicted molar refractivity (Wildman–Crippen MR) is 52.6 cm³/mol. The van der Waals surface area contributed by atoms with Crippen molar-refractivity contribution in [2.24, 2.45) is 5.73 Å². The zero-order valence-corrected chi connectivity index (χ0v) is 9.07. The van der Waals surface area contributed by atoms with E-state index >= 15 is 0 Å². The molecular formula is C9H16N2O4. The van der Waals surface area contributed by atoms with E-state index in [1.807, 2.05) is 0 Å². The SMILES string of the molecule is CC(=O)N[C@@H](CC(N)=O)C(=O)OC(C)C. The van der Waals surface area contributed by atoms with Gasteiger partial charge in [-0.05, 0) is 13.8 Å². The van der Waals surface area contributed by atoms with Gasteiger partial charge in [0.1, 0.15) is 6.04 Å². The number of esters is 1. The fourth-order valence-electron chi connectivity index (χ4n) is 0.954. The molecule has 3 N–H and O–H groups in total. The van der Waals surface area contributed by atoms with Crippen LogP contribution in [0.5, 0.6) is 0 Å². The molecule has 0 aromatic carbocycles. The average Bonchev–Trinajstić information content (AvgIpc) is 1.99. The maximum atomic E-state index is 11.4. The minimum absolute atomic E-state index is 0.259. The van der Waals surface area contributed by atoms with Crippen molar-refractivity contribution in [3.63, 3.8) is 0 Å². The topological polar surface area (TPSA) is 98.5 Å². The van der Waals surface area contributed by atoms with Crippen molar-refractivity contribution in [3.05, 3.63) is 0 Å². The molecule has 2 amide bonds. The molecule has 15 heavy (non-hydrogen) atoms. The van der Waals surface area contributed by atoms with E-state index < -0.39 is 23.8 Å². The van der Waals surface area contributed by atoms with Crippen molar-refractivity contribution < 1.29 is 19.1 Å². The first kappa shape index (κ1) is 13.4. The fraction of sp³-hybridized carbons (Fsp3) is 0.667. The lowest BCUT2D eigenvalue weighted by Gasteiger charge is -2.16. The number of hydrogen-bond acceptors (Lipinski definition) is 4. The number of primary amides is 1. The van der Waals surface area contributed by atoms with Crippen molar-refractivity contribution in [2.45, 2.75) is 39.3 Å². The summed E-state index contributed by atoms with van der Waals surface area (Å²) in [4.78, 5) is 32.8. The number of nitrogens with one attached hydrogen (secondary N) is 1. The number of rotatable bonds is 5. The van der Waals surface area contributed by atoms with Gasteiger partial charge in [0.2, 0.25) is 11.8 Å². The smallest absolute Gasteiger partial charge is 0.329 e. The van der Waals surface area contributed by atoms with E-state index in [1.54, 1.807) is 13.8 Å². The van der Waals surface area contributed by atoms with E-state index in [2.05, 4.69) is 5.32 Å². The summed E-state index contributed by atoms with van der Waals surface area (Å²) in [5, 5.41) is 2.30. The molecule has 0 aliphatic rings. The molecule has 6 heteroatoms. The van der Waals surface area contributed by atoms with Gasteiger partial charge in [-0.1, -0.05) is 0 Å². The molecule has 0 spiro atoms. The van der Waals surface area contributed by atoms with Gasteiger partial charge >= 0.3 is 5.97 Å². The van der Waals surface area contributed by atoms with Crippen molar-refractivity contribution in [3.8, 4) is 0 Å². The third-order valence-corrected chi connectivity index (χ3v) is 1.42. The van der Waals surface area contributed by atoms with Gasteiger partial charge < -0.3 is 15.8 Å².